The SMILES string of the molecule is C=C1CCCc2cc(N3C[C@H](C(C)(C)O[Si]C(C)(C)C)OC3=O)ccc21. The number of anilines is 1. The van der Waals surface area contributed by atoms with Crippen molar-refractivity contribution in [3.05, 3.63) is 35.9 Å². The number of rotatable bonds is 4. The Hall–Kier alpha value is -1.59. The highest BCUT2D eigenvalue weighted by molar-refractivity contribution is 6.31. The molecule has 140 valence electrons. The third kappa shape index (κ3) is 4.04. The van der Waals surface area contributed by atoms with Gasteiger partial charge in [-0.1, -0.05) is 33.4 Å². The summed E-state index contributed by atoms with van der Waals surface area (Å²) in [6, 6.07) is 6.22. The van der Waals surface area contributed by atoms with Gasteiger partial charge in [0.25, 0.3) is 0 Å². The van der Waals surface area contributed by atoms with Crippen LogP contribution in [0.25, 0.3) is 5.57 Å². The molecule has 1 aromatic rings. The lowest BCUT2D eigenvalue weighted by atomic mass is 9.88. The van der Waals surface area contributed by atoms with Gasteiger partial charge in [-0.3, -0.25) is 4.90 Å². The van der Waals surface area contributed by atoms with Crippen molar-refractivity contribution in [3.63, 3.8) is 0 Å². The molecule has 1 saturated heterocycles. The Morgan fingerprint density at radius 2 is 1.96 bits per heavy atom. The van der Waals surface area contributed by atoms with Crippen LogP contribution in [0.5, 0.6) is 0 Å². The van der Waals surface area contributed by atoms with Crippen LogP contribution in [0.1, 0.15) is 58.6 Å². The van der Waals surface area contributed by atoms with Crippen molar-refractivity contribution in [2.75, 3.05) is 11.4 Å². The van der Waals surface area contributed by atoms with E-state index in [1.165, 1.54) is 16.7 Å². The first kappa shape index (κ1) is 19.2. The van der Waals surface area contributed by atoms with Gasteiger partial charge in [0.05, 0.1) is 12.1 Å². The van der Waals surface area contributed by atoms with Crippen LogP contribution in [0.4, 0.5) is 10.5 Å². The molecule has 1 atom stereocenters. The molecule has 2 radical (unpaired) electrons. The van der Waals surface area contributed by atoms with Gasteiger partial charge < -0.3 is 9.16 Å². The highest BCUT2D eigenvalue weighted by Crippen LogP contribution is 2.35. The second-order valence-electron chi connectivity index (χ2n) is 8.84. The number of aryl methyl sites for hydroxylation is 1. The van der Waals surface area contributed by atoms with Gasteiger partial charge in [-0.25, -0.2) is 4.79 Å². The van der Waals surface area contributed by atoms with Crippen molar-refractivity contribution in [2.24, 2.45) is 0 Å². The minimum atomic E-state index is -0.515. The smallest absolute Gasteiger partial charge is 0.414 e. The van der Waals surface area contributed by atoms with E-state index in [0.29, 0.717) is 16.3 Å². The molecule has 4 nitrogen and oxygen atoms in total. The van der Waals surface area contributed by atoms with Gasteiger partial charge in [0.1, 0.15) is 6.10 Å². The van der Waals surface area contributed by atoms with Crippen molar-refractivity contribution < 1.29 is 14.0 Å². The van der Waals surface area contributed by atoms with Crippen molar-refractivity contribution >= 4 is 27.1 Å². The summed E-state index contributed by atoms with van der Waals surface area (Å²) in [5, 5.41) is 0.0977. The van der Waals surface area contributed by atoms with Gasteiger partial charge in [-0.15, -0.1) is 0 Å². The zero-order valence-corrected chi connectivity index (χ0v) is 17.5. The molecular formula is C21H29NO3Si. The minimum Gasteiger partial charge on any atom is -0.441 e. The molecule has 5 heteroatoms. The average molecular weight is 372 g/mol. The quantitative estimate of drug-likeness (QED) is 0.700. The molecule has 0 spiro atoms. The van der Waals surface area contributed by atoms with Crippen LogP contribution in [0.3, 0.4) is 0 Å². The number of fused-ring (bicyclic) bond motifs is 1. The van der Waals surface area contributed by atoms with E-state index in [0.717, 1.165) is 24.9 Å². The maximum absolute atomic E-state index is 12.5. The Morgan fingerprint density at radius 1 is 1.23 bits per heavy atom. The maximum Gasteiger partial charge on any atom is 0.414 e. The second kappa shape index (κ2) is 6.85. The van der Waals surface area contributed by atoms with E-state index in [4.69, 9.17) is 9.16 Å². The van der Waals surface area contributed by atoms with Crippen LogP contribution >= 0.6 is 0 Å². The molecule has 1 aliphatic carbocycles. The zero-order valence-electron chi connectivity index (χ0n) is 16.5. The normalized spacial score (nSPS) is 21.0. The average Bonchev–Trinajstić information content (AvgIpc) is 2.95. The molecule has 0 unspecified atom stereocenters. The van der Waals surface area contributed by atoms with Gasteiger partial charge in [0.2, 0.25) is 9.76 Å². The Bertz CT molecular complexity index is 720. The van der Waals surface area contributed by atoms with E-state index in [2.05, 4.69) is 39.5 Å². The molecule has 0 saturated carbocycles. The molecule has 1 aliphatic heterocycles. The van der Waals surface area contributed by atoms with Crippen LogP contribution in [0, 0.1) is 0 Å². The largest absolute Gasteiger partial charge is 0.441 e. The number of hydrogen-bond donors (Lipinski definition) is 0. The summed E-state index contributed by atoms with van der Waals surface area (Å²) < 4.78 is 11.8. The fourth-order valence-corrected chi connectivity index (χ4v) is 4.01. The summed E-state index contributed by atoms with van der Waals surface area (Å²) in [5.41, 5.74) is 4.09. The van der Waals surface area contributed by atoms with Crippen LogP contribution in [-0.4, -0.2) is 34.1 Å². The fourth-order valence-electron chi connectivity index (χ4n) is 3.31. The maximum atomic E-state index is 12.5. The van der Waals surface area contributed by atoms with Crippen molar-refractivity contribution in [2.45, 2.75) is 70.6 Å². The van der Waals surface area contributed by atoms with Crippen molar-refractivity contribution in [1.82, 2.24) is 0 Å². The minimum absolute atomic E-state index is 0.0977. The lowest BCUT2D eigenvalue weighted by Gasteiger charge is -2.32. The number of nitrogens with zero attached hydrogens (tertiary/aromatic N) is 1. The molecule has 0 bridgehead atoms. The molecule has 1 fully saturated rings. The summed E-state index contributed by atoms with van der Waals surface area (Å²) in [4.78, 5) is 14.2. The predicted molar refractivity (Wildman–Crippen MR) is 107 cm³/mol. The molecule has 2 aliphatic rings. The number of amides is 1. The van der Waals surface area contributed by atoms with Crippen molar-refractivity contribution in [1.29, 1.82) is 0 Å². The highest BCUT2D eigenvalue weighted by Gasteiger charge is 2.43. The van der Waals surface area contributed by atoms with Crippen LogP contribution in [-0.2, 0) is 15.6 Å². The molecule has 1 aromatic carbocycles. The summed E-state index contributed by atoms with van der Waals surface area (Å²) in [6.45, 7) is 15.1. The summed E-state index contributed by atoms with van der Waals surface area (Å²) in [5.74, 6) is 0. The summed E-state index contributed by atoms with van der Waals surface area (Å²) in [7, 11) is 0.352. The number of benzene rings is 1. The first-order valence-corrected chi connectivity index (χ1v) is 10.2. The molecule has 1 heterocycles. The third-order valence-corrected chi connectivity index (χ3v) is 6.15. The summed E-state index contributed by atoms with van der Waals surface area (Å²) >= 11 is 0. The Balaban J connectivity index is 1.75. The number of hydrogen-bond acceptors (Lipinski definition) is 3. The standard InChI is InChI=1S/C21H29NO3Si/c1-14-8-7-9-15-12-16(10-11-17(14)15)22-13-18(24-19(22)23)21(5,6)25-26-20(2,3)4/h10-12,18H,1,7-9,13H2,2-6H3/t18-/m1/s1. The van der Waals surface area contributed by atoms with Gasteiger partial charge in [0, 0.05) is 5.69 Å². The molecular weight excluding hydrogens is 342 g/mol. The van der Waals surface area contributed by atoms with Crippen LogP contribution in [0.15, 0.2) is 24.8 Å². The van der Waals surface area contributed by atoms with Crippen LogP contribution < -0.4 is 4.90 Å². The fraction of sp³-hybridized carbons (Fsp3) is 0.571. The lowest BCUT2D eigenvalue weighted by molar-refractivity contribution is -0.0133. The zero-order chi connectivity index (χ0) is 19.1. The van der Waals surface area contributed by atoms with Crippen LogP contribution in [0.2, 0.25) is 5.04 Å². The van der Waals surface area contributed by atoms with Gasteiger partial charge >= 0.3 is 6.09 Å². The van der Waals surface area contributed by atoms with E-state index in [1.807, 2.05) is 19.9 Å². The van der Waals surface area contributed by atoms with E-state index < -0.39 is 5.60 Å². The molecule has 3 rings (SSSR count). The predicted octanol–water partition coefficient (Wildman–Crippen LogP) is 4.99. The third-order valence-electron chi connectivity index (χ3n) is 4.91. The first-order valence-electron chi connectivity index (χ1n) is 9.31. The van der Waals surface area contributed by atoms with E-state index in [-0.39, 0.29) is 17.2 Å². The first-order chi connectivity index (χ1) is 12.1. The number of cyclic esters (lactones) is 1. The number of carbonyl (C=O) groups excluding carboxylic acids is 1. The number of carbonyl (C=O) groups is 1. The molecule has 26 heavy (non-hydrogen) atoms. The van der Waals surface area contributed by atoms with Gasteiger partial charge in [0.15, 0.2) is 0 Å². The topological polar surface area (TPSA) is 38.8 Å². The Labute approximate surface area is 159 Å². The van der Waals surface area contributed by atoms with Gasteiger partial charge in [-0.2, -0.15) is 0 Å². The molecule has 0 N–H and O–H groups in total. The number of ether oxygens (including phenoxy) is 1. The summed E-state index contributed by atoms with van der Waals surface area (Å²) in [6.07, 6.45) is 2.64. The monoisotopic (exact) mass is 371 g/mol. The molecule has 0 aromatic heterocycles. The van der Waals surface area contributed by atoms with Gasteiger partial charge in [-0.05, 0) is 67.0 Å². The van der Waals surface area contributed by atoms with E-state index in [9.17, 15) is 4.79 Å². The number of allylic oxidation sites excluding steroid dienone is 1. The highest BCUT2D eigenvalue weighted by atomic mass is 28.2. The molecule has 1 amide bonds. The lowest BCUT2D eigenvalue weighted by Crippen LogP contribution is -2.43. The van der Waals surface area contributed by atoms with Crippen molar-refractivity contribution in [3.8, 4) is 0 Å². The second-order valence-corrected chi connectivity index (χ2v) is 10.7. The Kier molecular flexibility index (Phi) is 5.06. The van der Waals surface area contributed by atoms with E-state index in [1.54, 1.807) is 4.90 Å². The van der Waals surface area contributed by atoms with E-state index >= 15 is 0 Å². The Morgan fingerprint density at radius 3 is 2.65 bits per heavy atom.